The normalized spacial score (nSPS) is 12.7. The summed E-state index contributed by atoms with van der Waals surface area (Å²) >= 11 is 0. The van der Waals surface area contributed by atoms with Gasteiger partial charge in [-0.1, -0.05) is 18.2 Å². The van der Waals surface area contributed by atoms with Gasteiger partial charge in [-0.25, -0.2) is 13.1 Å². The van der Waals surface area contributed by atoms with Crippen molar-refractivity contribution >= 4 is 27.3 Å². The van der Waals surface area contributed by atoms with Gasteiger partial charge >= 0.3 is 0 Å². The molecule has 1 aliphatic rings. The average Bonchev–Trinajstić information content (AvgIpc) is 3.40. The largest absolute Gasteiger partial charge is 0.486 e. The lowest BCUT2D eigenvalue weighted by Crippen LogP contribution is -2.30. The lowest BCUT2D eigenvalue weighted by atomic mass is 9.98. The van der Waals surface area contributed by atoms with Crippen LogP contribution in [-0.2, 0) is 16.6 Å². The van der Waals surface area contributed by atoms with Crippen molar-refractivity contribution < 1.29 is 22.7 Å². The molecular formula is C26H25N7O5S. The number of aromatic nitrogens is 3. The van der Waals surface area contributed by atoms with Gasteiger partial charge in [0.1, 0.15) is 25.6 Å². The zero-order chi connectivity index (χ0) is 27.4. The van der Waals surface area contributed by atoms with Crippen LogP contribution in [0.4, 0.5) is 5.69 Å². The van der Waals surface area contributed by atoms with Gasteiger partial charge in [0.2, 0.25) is 10.0 Å². The van der Waals surface area contributed by atoms with E-state index < -0.39 is 15.9 Å². The Morgan fingerprint density at radius 3 is 2.74 bits per heavy atom. The molecule has 0 unspecified atom stereocenters. The summed E-state index contributed by atoms with van der Waals surface area (Å²) in [7, 11) is -3.27. The first-order valence-electron chi connectivity index (χ1n) is 12.0. The summed E-state index contributed by atoms with van der Waals surface area (Å²) in [6, 6.07) is 14.6. The van der Waals surface area contributed by atoms with Gasteiger partial charge < -0.3 is 20.1 Å². The fraction of sp³-hybridized carbons (Fsp3) is 0.231. The highest BCUT2D eigenvalue weighted by Crippen LogP contribution is 2.37. The number of nitrogens with one attached hydrogen (secondary N) is 3. The number of nitrogens with zero attached hydrogens (tertiary/aromatic N) is 4. The number of amides is 1. The Labute approximate surface area is 224 Å². The van der Waals surface area contributed by atoms with Gasteiger partial charge in [-0.15, -0.1) is 10.2 Å². The number of pyridine rings is 1. The maximum absolute atomic E-state index is 13.4. The quantitative estimate of drug-likeness (QED) is 0.266. The number of carbonyl (C=O) groups excluding carboxylic acids is 1. The Kier molecular flexibility index (Phi) is 7.42. The number of anilines is 1. The Morgan fingerprint density at radius 2 is 1.95 bits per heavy atom. The lowest BCUT2D eigenvalue weighted by Gasteiger charge is -2.19. The van der Waals surface area contributed by atoms with Crippen LogP contribution in [0.2, 0.25) is 0 Å². The summed E-state index contributed by atoms with van der Waals surface area (Å²) in [6.07, 6.45) is 4.37. The third-order valence-corrected chi connectivity index (χ3v) is 6.69. The SMILES string of the molecule is CS(=O)(=O)NCCNCc1cc(C(=O)Nc2cccc(-c3ccc4c(c3)OCCO4)c2C#N)c2nncn2c1. The van der Waals surface area contributed by atoms with Gasteiger partial charge in [0.25, 0.3) is 5.91 Å². The summed E-state index contributed by atoms with van der Waals surface area (Å²) in [4.78, 5) is 13.4. The second kappa shape index (κ2) is 11.1. The maximum Gasteiger partial charge on any atom is 0.259 e. The van der Waals surface area contributed by atoms with Crippen LogP contribution in [0.5, 0.6) is 11.5 Å². The van der Waals surface area contributed by atoms with Crippen LogP contribution in [0, 0.1) is 11.3 Å². The molecule has 0 fully saturated rings. The van der Waals surface area contributed by atoms with Crippen molar-refractivity contribution in [3.8, 4) is 28.7 Å². The third-order valence-electron chi connectivity index (χ3n) is 5.97. The second-order valence-corrected chi connectivity index (χ2v) is 10.7. The third kappa shape index (κ3) is 5.99. The van der Waals surface area contributed by atoms with E-state index in [9.17, 15) is 18.5 Å². The van der Waals surface area contributed by atoms with E-state index in [0.29, 0.717) is 60.3 Å². The molecule has 5 rings (SSSR count). The number of sulfonamides is 1. The summed E-state index contributed by atoms with van der Waals surface area (Å²) < 4.78 is 37.8. The summed E-state index contributed by atoms with van der Waals surface area (Å²) in [5, 5.41) is 24.0. The fourth-order valence-electron chi connectivity index (χ4n) is 4.24. The lowest BCUT2D eigenvalue weighted by molar-refractivity contribution is 0.102. The number of hydrogen-bond donors (Lipinski definition) is 3. The predicted octanol–water partition coefficient (Wildman–Crippen LogP) is 1.93. The van der Waals surface area contributed by atoms with E-state index in [1.807, 2.05) is 12.1 Å². The molecule has 0 atom stereocenters. The van der Waals surface area contributed by atoms with Crippen molar-refractivity contribution in [2.75, 3.05) is 37.9 Å². The summed E-state index contributed by atoms with van der Waals surface area (Å²) in [5.41, 5.74) is 3.44. The van der Waals surface area contributed by atoms with Gasteiger partial charge in [-0.2, -0.15) is 5.26 Å². The van der Waals surface area contributed by atoms with E-state index in [0.717, 1.165) is 17.4 Å². The first kappa shape index (κ1) is 26.1. The molecule has 2 aromatic carbocycles. The van der Waals surface area contributed by atoms with Crippen LogP contribution in [0.15, 0.2) is 55.0 Å². The minimum atomic E-state index is -3.27. The van der Waals surface area contributed by atoms with Crippen molar-refractivity contribution in [3.63, 3.8) is 0 Å². The number of rotatable bonds is 9. The van der Waals surface area contributed by atoms with Crippen molar-refractivity contribution in [1.82, 2.24) is 24.6 Å². The van der Waals surface area contributed by atoms with Crippen LogP contribution in [0.25, 0.3) is 16.8 Å². The Hall–Kier alpha value is -4.51. The van der Waals surface area contributed by atoms with Crippen molar-refractivity contribution in [2.24, 2.45) is 0 Å². The Morgan fingerprint density at radius 1 is 1.13 bits per heavy atom. The minimum absolute atomic E-state index is 0.234. The van der Waals surface area contributed by atoms with Gasteiger partial charge in [-0.3, -0.25) is 9.20 Å². The van der Waals surface area contributed by atoms with Gasteiger partial charge in [-0.05, 0) is 35.4 Å². The number of ether oxygens (including phenoxy) is 2. The smallest absolute Gasteiger partial charge is 0.259 e. The molecule has 4 aromatic rings. The number of benzene rings is 2. The van der Waals surface area contributed by atoms with Crippen molar-refractivity contribution in [2.45, 2.75) is 6.54 Å². The molecule has 0 saturated carbocycles. The molecular weight excluding hydrogens is 522 g/mol. The molecule has 0 bridgehead atoms. The topological polar surface area (TPSA) is 160 Å². The molecule has 3 heterocycles. The molecule has 0 aliphatic carbocycles. The van der Waals surface area contributed by atoms with E-state index in [4.69, 9.17) is 9.47 Å². The monoisotopic (exact) mass is 547 g/mol. The first-order chi connectivity index (χ1) is 18.8. The Bertz CT molecular complexity index is 1690. The van der Waals surface area contributed by atoms with E-state index >= 15 is 0 Å². The van der Waals surface area contributed by atoms with Crippen LogP contribution in [0.3, 0.4) is 0 Å². The highest BCUT2D eigenvalue weighted by Gasteiger charge is 2.19. The molecule has 3 N–H and O–H groups in total. The second-order valence-electron chi connectivity index (χ2n) is 8.82. The molecule has 0 saturated heterocycles. The van der Waals surface area contributed by atoms with E-state index in [1.165, 1.54) is 6.33 Å². The van der Waals surface area contributed by atoms with Gasteiger partial charge in [0, 0.05) is 31.4 Å². The molecule has 39 heavy (non-hydrogen) atoms. The van der Waals surface area contributed by atoms with Crippen LogP contribution < -0.4 is 24.8 Å². The molecule has 13 heteroatoms. The standard InChI is InChI=1S/C26H25N7O5S/c1-39(35,36)30-8-7-28-14-17-11-20(25-32-29-16-33(25)15-17)26(34)31-22-4-2-3-19(21(22)13-27)18-5-6-23-24(12-18)38-10-9-37-23/h2-6,11-12,15-16,28,30H,7-10,14H2,1H3,(H,31,34). The minimum Gasteiger partial charge on any atom is -0.486 e. The van der Waals surface area contributed by atoms with E-state index in [1.54, 1.807) is 40.9 Å². The molecule has 2 aromatic heterocycles. The number of fused-ring (bicyclic) bond motifs is 2. The highest BCUT2D eigenvalue weighted by molar-refractivity contribution is 7.88. The van der Waals surface area contributed by atoms with Crippen LogP contribution in [-0.4, -0.2) is 61.5 Å². The fourth-order valence-corrected chi connectivity index (χ4v) is 4.71. The molecule has 12 nitrogen and oxygen atoms in total. The number of nitriles is 1. The Balaban J connectivity index is 1.38. The van der Waals surface area contributed by atoms with Crippen LogP contribution in [0.1, 0.15) is 21.5 Å². The van der Waals surface area contributed by atoms with E-state index in [-0.39, 0.29) is 12.1 Å². The van der Waals surface area contributed by atoms with Crippen molar-refractivity contribution in [3.05, 3.63) is 71.7 Å². The van der Waals surface area contributed by atoms with Gasteiger partial charge in [0.05, 0.1) is 23.1 Å². The van der Waals surface area contributed by atoms with Crippen LogP contribution >= 0.6 is 0 Å². The van der Waals surface area contributed by atoms with E-state index in [2.05, 4.69) is 31.6 Å². The highest BCUT2D eigenvalue weighted by atomic mass is 32.2. The zero-order valence-corrected chi connectivity index (χ0v) is 21.8. The molecule has 200 valence electrons. The summed E-state index contributed by atoms with van der Waals surface area (Å²) in [5.74, 6) is 0.791. The zero-order valence-electron chi connectivity index (χ0n) is 21.0. The molecule has 0 radical (unpaired) electrons. The summed E-state index contributed by atoms with van der Waals surface area (Å²) in [6.45, 7) is 1.93. The first-order valence-corrected chi connectivity index (χ1v) is 13.9. The molecule has 1 aliphatic heterocycles. The predicted molar refractivity (Wildman–Crippen MR) is 143 cm³/mol. The van der Waals surface area contributed by atoms with Crippen molar-refractivity contribution in [1.29, 1.82) is 5.26 Å². The maximum atomic E-state index is 13.4. The van der Waals surface area contributed by atoms with Gasteiger partial charge in [0.15, 0.2) is 17.1 Å². The molecule has 1 amide bonds. The number of hydrogen-bond acceptors (Lipinski definition) is 9. The molecule has 0 spiro atoms. The average molecular weight is 548 g/mol. The number of carbonyl (C=O) groups is 1.